The molecule has 0 amide bonds. The summed E-state index contributed by atoms with van der Waals surface area (Å²) in [6, 6.07) is 0.556. The summed E-state index contributed by atoms with van der Waals surface area (Å²) in [6.07, 6.45) is 8.09. The highest BCUT2D eigenvalue weighted by atomic mass is 16.6. The monoisotopic (exact) mass is 253 g/mol. The topological polar surface area (TPSA) is 38.3 Å². The van der Waals surface area contributed by atoms with Crippen LogP contribution in [-0.2, 0) is 9.53 Å². The minimum atomic E-state index is -0.374. The van der Waals surface area contributed by atoms with Gasteiger partial charge in [-0.25, -0.2) is 0 Å². The molecule has 2 aliphatic rings. The van der Waals surface area contributed by atoms with Gasteiger partial charge in [0.2, 0.25) is 0 Å². The lowest BCUT2D eigenvalue weighted by Crippen LogP contribution is -2.49. The molecule has 0 saturated heterocycles. The summed E-state index contributed by atoms with van der Waals surface area (Å²) >= 11 is 0. The molecule has 18 heavy (non-hydrogen) atoms. The fourth-order valence-electron chi connectivity index (χ4n) is 3.59. The summed E-state index contributed by atoms with van der Waals surface area (Å²) in [7, 11) is 0. The van der Waals surface area contributed by atoms with Gasteiger partial charge in [0.1, 0.15) is 5.60 Å². The Labute approximate surface area is 111 Å². The Morgan fingerprint density at radius 3 is 2.06 bits per heavy atom. The van der Waals surface area contributed by atoms with Crippen LogP contribution >= 0.6 is 0 Å². The van der Waals surface area contributed by atoms with Crippen LogP contribution in [0.25, 0.3) is 0 Å². The first-order valence-electron chi connectivity index (χ1n) is 7.41. The molecule has 0 aromatic heterocycles. The quantitative estimate of drug-likeness (QED) is 0.786. The molecule has 2 saturated carbocycles. The highest BCUT2D eigenvalue weighted by Gasteiger charge is 2.36. The van der Waals surface area contributed by atoms with E-state index in [1.165, 1.54) is 38.5 Å². The second kappa shape index (κ2) is 5.60. The van der Waals surface area contributed by atoms with Gasteiger partial charge in [0.15, 0.2) is 0 Å². The van der Waals surface area contributed by atoms with Gasteiger partial charge in [-0.1, -0.05) is 12.8 Å². The Bertz CT molecular complexity index is 273. The molecular weight excluding hydrogens is 226 g/mol. The average Bonchev–Trinajstić information content (AvgIpc) is 2.23. The van der Waals surface area contributed by atoms with Crippen LogP contribution in [0.4, 0.5) is 0 Å². The maximum absolute atomic E-state index is 11.7. The van der Waals surface area contributed by atoms with Gasteiger partial charge in [-0.2, -0.15) is 0 Å². The smallest absolute Gasteiger partial charge is 0.320 e. The number of carbonyl (C=O) groups excluding carboxylic acids is 1. The van der Waals surface area contributed by atoms with Crippen molar-refractivity contribution >= 4 is 5.97 Å². The van der Waals surface area contributed by atoms with Gasteiger partial charge in [-0.3, -0.25) is 4.79 Å². The van der Waals surface area contributed by atoms with Crippen molar-refractivity contribution < 1.29 is 9.53 Å². The Hall–Kier alpha value is -0.570. The van der Waals surface area contributed by atoms with Crippen molar-refractivity contribution in [1.29, 1.82) is 0 Å². The zero-order valence-corrected chi connectivity index (χ0v) is 12.0. The molecule has 2 fully saturated rings. The van der Waals surface area contributed by atoms with Crippen LogP contribution in [0.1, 0.15) is 59.3 Å². The van der Waals surface area contributed by atoms with Crippen LogP contribution < -0.4 is 5.32 Å². The molecule has 0 aromatic rings. The van der Waals surface area contributed by atoms with Gasteiger partial charge < -0.3 is 10.1 Å². The fraction of sp³-hybridized carbons (Fsp3) is 0.933. The molecule has 1 N–H and O–H groups in total. The summed E-state index contributed by atoms with van der Waals surface area (Å²) in [6.45, 7) is 6.12. The molecule has 104 valence electrons. The molecule has 0 atom stereocenters. The van der Waals surface area contributed by atoms with E-state index >= 15 is 0 Å². The summed E-state index contributed by atoms with van der Waals surface area (Å²) in [5.41, 5.74) is -0.374. The van der Waals surface area contributed by atoms with E-state index < -0.39 is 0 Å². The second-order valence-electron chi connectivity index (χ2n) is 6.88. The van der Waals surface area contributed by atoms with E-state index in [0.717, 1.165) is 11.8 Å². The Balaban J connectivity index is 1.80. The SMILES string of the molecule is CC(C)(C)OC(=O)CNC1C2CCCC1CCC2. The number of esters is 1. The first-order chi connectivity index (χ1) is 8.46. The van der Waals surface area contributed by atoms with Crippen LogP contribution in [0.5, 0.6) is 0 Å². The largest absolute Gasteiger partial charge is 0.459 e. The van der Waals surface area contributed by atoms with Crippen LogP contribution in [0.15, 0.2) is 0 Å². The first kappa shape index (κ1) is 13.9. The van der Waals surface area contributed by atoms with Crippen molar-refractivity contribution in [2.75, 3.05) is 6.54 Å². The number of fused-ring (bicyclic) bond motifs is 2. The molecule has 3 nitrogen and oxygen atoms in total. The maximum Gasteiger partial charge on any atom is 0.320 e. The summed E-state index contributed by atoms with van der Waals surface area (Å²) in [4.78, 5) is 11.7. The maximum atomic E-state index is 11.7. The highest BCUT2D eigenvalue weighted by Crippen LogP contribution is 2.39. The third-order valence-corrected chi connectivity index (χ3v) is 4.22. The minimum Gasteiger partial charge on any atom is -0.459 e. The highest BCUT2D eigenvalue weighted by molar-refractivity contribution is 5.72. The molecule has 0 spiro atoms. The molecule has 3 heteroatoms. The van der Waals surface area contributed by atoms with E-state index in [2.05, 4.69) is 5.32 Å². The van der Waals surface area contributed by atoms with Crippen molar-refractivity contribution in [2.24, 2.45) is 11.8 Å². The van der Waals surface area contributed by atoms with Gasteiger partial charge in [-0.15, -0.1) is 0 Å². The van der Waals surface area contributed by atoms with E-state index in [0.29, 0.717) is 12.6 Å². The normalized spacial score (nSPS) is 32.1. The molecule has 2 bridgehead atoms. The molecule has 2 aliphatic carbocycles. The third-order valence-electron chi connectivity index (χ3n) is 4.22. The van der Waals surface area contributed by atoms with E-state index in [1.807, 2.05) is 20.8 Å². The molecule has 2 rings (SSSR count). The van der Waals surface area contributed by atoms with Gasteiger partial charge in [0, 0.05) is 6.04 Å². The number of carbonyl (C=O) groups is 1. The number of ether oxygens (including phenoxy) is 1. The van der Waals surface area contributed by atoms with E-state index in [-0.39, 0.29) is 11.6 Å². The first-order valence-corrected chi connectivity index (χ1v) is 7.41. The lowest BCUT2D eigenvalue weighted by atomic mass is 9.68. The van der Waals surface area contributed by atoms with Gasteiger partial charge in [0.25, 0.3) is 0 Å². The lowest BCUT2D eigenvalue weighted by Gasteiger charge is -2.43. The Morgan fingerprint density at radius 2 is 1.61 bits per heavy atom. The zero-order valence-electron chi connectivity index (χ0n) is 12.0. The van der Waals surface area contributed by atoms with Gasteiger partial charge >= 0.3 is 5.97 Å². The summed E-state index contributed by atoms with van der Waals surface area (Å²) in [5, 5.41) is 3.47. The predicted molar refractivity (Wildman–Crippen MR) is 72.3 cm³/mol. The predicted octanol–water partition coefficient (Wildman–Crippen LogP) is 2.89. The van der Waals surface area contributed by atoms with Crippen molar-refractivity contribution in [3.63, 3.8) is 0 Å². The lowest BCUT2D eigenvalue weighted by molar-refractivity contribution is -0.154. The molecule has 0 radical (unpaired) electrons. The number of hydrogen-bond acceptors (Lipinski definition) is 3. The number of nitrogens with one attached hydrogen (secondary N) is 1. The van der Waals surface area contributed by atoms with Crippen LogP contribution in [0.3, 0.4) is 0 Å². The second-order valence-corrected chi connectivity index (χ2v) is 6.88. The van der Waals surface area contributed by atoms with Gasteiger partial charge in [-0.05, 0) is 58.3 Å². The van der Waals surface area contributed by atoms with E-state index in [1.54, 1.807) is 0 Å². The Morgan fingerprint density at radius 1 is 1.11 bits per heavy atom. The zero-order chi connectivity index (χ0) is 13.2. The molecule has 0 heterocycles. The van der Waals surface area contributed by atoms with Gasteiger partial charge in [0.05, 0.1) is 6.54 Å². The average molecular weight is 253 g/mol. The molecule has 0 aliphatic heterocycles. The summed E-state index contributed by atoms with van der Waals surface area (Å²) in [5.74, 6) is 1.46. The molecule has 0 unspecified atom stereocenters. The van der Waals surface area contributed by atoms with E-state index in [4.69, 9.17) is 4.74 Å². The molecular formula is C15H27NO2. The minimum absolute atomic E-state index is 0.119. The standard InChI is InChI=1S/C15H27NO2/c1-15(2,3)18-13(17)10-16-14-11-6-4-7-12(14)9-5-8-11/h11-12,14,16H,4-10H2,1-3H3. The third kappa shape index (κ3) is 3.71. The van der Waals surface area contributed by atoms with Crippen LogP contribution in [-0.4, -0.2) is 24.2 Å². The van der Waals surface area contributed by atoms with Crippen molar-refractivity contribution in [1.82, 2.24) is 5.32 Å². The summed E-state index contributed by atoms with van der Waals surface area (Å²) < 4.78 is 5.35. The number of hydrogen-bond donors (Lipinski definition) is 1. The fourth-order valence-corrected chi connectivity index (χ4v) is 3.59. The van der Waals surface area contributed by atoms with Crippen molar-refractivity contribution in [3.8, 4) is 0 Å². The molecule has 0 aromatic carbocycles. The van der Waals surface area contributed by atoms with Crippen molar-refractivity contribution in [3.05, 3.63) is 0 Å². The van der Waals surface area contributed by atoms with Crippen molar-refractivity contribution in [2.45, 2.75) is 70.9 Å². The number of rotatable bonds is 3. The Kier molecular flexibility index (Phi) is 4.31. The van der Waals surface area contributed by atoms with Crippen LogP contribution in [0.2, 0.25) is 0 Å². The van der Waals surface area contributed by atoms with E-state index in [9.17, 15) is 4.79 Å². The van der Waals surface area contributed by atoms with Crippen LogP contribution in [0, 0.1) is 11.8 Å².